The predicted molar refractivity (Wildman–Crippen MR) is 83.6 cm³/mol. The minimum absolute atomic E-state index is 0.313. The van der Waals surface area contributed by atoms with Gasteiger partial charge in [-0.15, -0.1) is 0 Å². The van der Waals surface area contributed by atoms with E-state index < -0.39 is 0 Å². The summed E-state index contributed by atoms with van der Waals surface area (Å²) < 4.78 is 5.93. The van der Waals surface area contributed by atoms with Crippen molar-refractivity contribution in [1.82, 2.24) is 10.2 Å². The molecule has 1 aromatic rings. The molecule has 0 atom stereocenters. The summed E-state index contributed by atoms with van der Waals surface area (Å²) in [7, 11) is 1.95. The summed E-state index contributed by atoms with van der Waals surface area (Å²) >= 11 is 0. The molecule has 3 heteroatoms. The highest BCUT2D eigenvalue weighted by Crippen LogP contribution is 2.30. The molecule has 1 aliphatic heterocycles. The van der Waals surface area contributed by atoms with Gasteiger partial charge in [-0.3, -0.25) is 4.90 Å². The van der Waals surface area contributed by atoms with Crippen LogP contribution in [0.3, 0.4) is 0 Å². The van der Waals surface area contributed by atoms with Crippen LogP contribution < -0.4 is 5.32 Å². The van der Waals surface area contributed by atoms with Gasteiger partial charge in [0.25, 0.3) is 0 Å². The number of rotatable bonds is 4. The van der Waals surface area contributed by atoms with Crippen LogP contribution in [0.1, 0.15) is 44.3 Å². The van der Waals surface area contributed by atoms with Crippen molar-refractivity contribution in [3.05, 3.63) is 34.8 Å². The number of furan rings is 1. The predicted octanol–water partition coefficient (Wildman–Crippen LogP) is 3.49. The summed E-state index contributed by atoms with van der Waals surface area (Å²) in [6.45, 7) is 12.9. The van der Waals surface area contributed by atoms with Gasteiger partial charge in [0.1, 0.15) is 11.5 Å². The summed E-state index contributed by atoms with van der Waals surface area (Å²) in [6.07, 6.45) is 3.57. The van der Waals surface area contributed by atoms with Gasteiger partial charge < -0.3 is 9.73 Å². The molecule has 0 radical (unpaired) electrons. The molecular weight excluding hydrogens is 248 g/mol. The monoisotopic (exact) mass is 276 g/mol. The maximum Gasteiger partial charge on any atom is 0.120 e. The second-order valence-corrected chi connectivity index (χ2v) is 6.81. The molecule has 0 saturated carbocycles. The van der Waals surface area contributed by atoms with Gasteiger partial charge in [-0.25, -0.2) is 0 Å². The third kappa shape index (κ3) is 3.74. The minimum Gasteiger partial charge on any atom is -0.463 e. The Morgan fingerprint density at radius 3 is 2.65 bits per heavy atom. The Balaban J connectivity index is 1.96. The first kappa shape index (κ1) is 15.3. The molecule has 2 heterocycles. The number of hydrogen-bond acceptors (Lipinski definition) is 3. The maximum absolute atomic E-state index is 5.93. The van der Waals surface area contributed by atoms with Gasteiger partial charge in [-0.05, 0) is 37.4 Å². The minimum atomic E-state index is 0.313. The Hall–Kier alpha value is -1.06. The van der Waals surface area contributed by atoms with Crippen molar-refractivity contribution < 1.29 is 4.42 Å². The fourth-order valence-electron chi connectivity index (χ4n) is 2.76. The fraction of sp³-hybridized carbons (Fsp3) is 0.647. The van der Waals surface area contributed by atoms with Crippen molar-refractivity contribution in [1.29, 1.82) is 0 Å². The van der Waals surface area contributed by atoms with Crippen molar-refractivity contribution in [3.8, 4) is 0 Å². The molecule has 0 aromatic carbocycles. The van der Waals surface area contributed by atoms with Gasteiger partial charge in [0.2, 0.25) is 0 Å². The van der Waals surface area contributed by atoms with E-state index in [0.29, 0.717) is 5.41 Å². The van der Waals surface area contributed by atoms with Gasteiger partial charge in [0.15, 0.2) is 0 Å². The Morgan fingerprint density at radius 1 is 1.35 bits per heavy atom. The van der Waals surface area contributed by atoms with Crippen molar-refractivity contribution in [2.45, 2.75) is 47.2 Å². The van der Waals surface area contributed by atoms with Crippen molar-refractivity contribution in [2.24, 2.45) is 5.41 Å². The summed E-state index contributed by atoms with van der Waals surface area (Å²) in [5.74, 6) is 2.14. The summed E-state index contributed by atoms with van der Waals surface area (Å²) in [5, 5.41) is 3.15. The molecule has 0 fully saturated rings. The maximum atomic E-state index is 5.93. The smallest absolute Gasteiger partial charge is 0.120 e. The molecule has 0 bridgehead atoms. The first-order chi connectivity index (χ1) is 9.40. The van der Waals surface area contributed by atoms with Gasteiger partial charge in [0.05, 0.1) is 13.1 Å². The summed E-state index contributed by atoms with van der Waals surface area (Å²) in [5.41, 5.74) is 3.14. The Labute approximate surface area is 123 Å². The molecule has 2 rings (SSSR count). The van der Waals surface area contributed by atoms with E-state index in [9.17, 15) is 0 Å². The fourth-order valence-corrected chi connectivity index (χ4v) is 2.76. The van der Waals surface area contributed by atoms with Gasteiger partial charge in [0, 0.05) is 13.1 Å². The third-order valence-electron chi connectivity index (χ3n) is 4.04. The molecule has 3 nitrogen and oxygen atoms in total. The SMILES string of the molecule is CNCc1oc(CN2CC=C(C(C)(C)C)CC2)cc1C. The zero-order chi connectivity index (χ0) is 14.8. The van der Waals surface area contributed by atoms with E-state index >= 15 is 0 Å². The molecule has 1 aromatic heterocycles. The Kier molecular flexibility index (Phi) is 4.71. The van der Waals surface area contributed by atoms with E-state index in [2.05, 4.69) is 50.1 Å². The third-order valence-corrected chi connectivity index (χ3v) is 4.04. The van der Waals surface area contributed by atoms with Crippen LogP contribution in [-0.4, -0.2) is 25.0 Å². The molecular formula is C17H28N2O. The lowest BCUT2D eigenvalue weighted by molar-refractivity contribution is 0.247. The van der Waals surface area contributed by atoms with Crippen LogP contribution in [0.15, 0.2) is 22.1 Å². The first-order valence-corrected chi connectivity index (χ1v) is 7.55. The second kappa shape index (κ2) is 6.15. The van der Waals surface area contributed by atoms with E-state index in [1.54, 1.807) is 5.57 Å². The number of aryl methyl sites for hydroxylation is 1. The molecule has 20 heavy (non-hydrogen) atoms. The molecule has 0 saturated heterocycles. The molecule has 0 spiro atoms. The van der Waals surface area contributed by atoms with Gasteiger partial charge >= 0.3 is 0 Å². The van der Waals surface area contributed by atoms with Gasteiger partial charge in [-0.1, -0.05) is 32.4 Å². The highest BCUT2D eigenvalue weighted by molar-refractivity contribution is 5.20. The Bertz CT molecular complexity index is 480. The lowest BCUT2D eigenvalue weighted by Crippen LogP contribution is -2.30. The Morgan fingerprint density at radius 2 is 2.10 bits per heavy atom. The second-order valence-electron chi connectivity index (χ2n) is 6.81. The average Bonchev–Trinajstić information content (AvgIpc) is 2.70. The largest absolute Gasteiger partial charge is 0.463 e. The van der Waals surface area contributed by atoms with E-state index in [1.165, 1.54) is 12.0 Å². The lowest BCUT2D eigenvalue weighted by Gasteiger charge is -2.31. The molecule has 1 aliphatic rings. The molecule has 112 valence electrons. The summed E-state index contributed by atoms with van der Waals surface area (Å²) in [6, 6.07) is 2.18. The number of nitrogens with one attached hydrogen (secondary N) is 1. The van der Waals surface area contributed by atoms with Crippen LogP contribution in [0.25, 0.3) is 0 Å². The topological polar surface area (TPSA) is 28.4 Å². The van der Waals surface area contributed by atoms with Crippen LogP contribution in [0, 0.1) is 12.3 Å². The number of nitrogens with zero attached hydrogens (tertiary/aromatic N) is 1. The quantitative estimate of drug-likeness (QED) is 0.853. The average molecular weight is 276 g/mol. The molecule has 0 unspecified atom stereocenters. The van der Waals surface area contributed by atoms with E-state index in [0.717, 1.165) is 37.7 Å². The van der Waals surface area contributed by atoms with E-state index in [1.807, 2.05) is 7.05 Å². The zero-order valence-electron chi connectivity index (χ0n) is 13.5. The van der Waals surface area contributed by atoms with Crippen molar-refractivity contribution in [2.75, 3.05) is 20.1 Å². The lowest BCUT2D eigenvalue weighted by atomic mass is 9.83. The zero-order valence-corrected chi connectivity index (χ0v) is 13.5. The number of hydrogen-bond donors (Lipinski definition) is 1. The summed E-state index contributed by atoms with van der Waals surface area (Å²) in [4.78, 5) is 2.46. The van der Waals surface area contributed by atoms with Crippen LogP contribution in [0.4, 0.5) is 0 Å². The van der Waals surface area contributed by atoms with Gasteiger partial charge in [-0.2, -0.15) is 0 Å². The normalized spacial score (nSPS) is 17.4. The molecule has 1 N–H and O–H groups in total. The molecule has 0 aliphatic carbocycles. The highest BCUT2D eigenvalue weighted by atomic mass is 16.3. The highest BCUT2D eigenvalue weighted by Gasteiger charge is 2.21. The van der Waals surface area contributed by atoms with Crippen molar-refractivity contribution in [3.63, 3.8) is 0 Å². The van der Waals surface area contributed by atoms with E-state index in [4.69, 9.17) is 4.42 Å². The van der Waals surface area contributed by atoms with E-state index in [-0.39, 0.29) is 0 Å². The standard InChI is InChI=1S/C17H28N2O/c1-13-10-15(20-16(13)11-18-5)12-19-8-6-14(7-9-19)17(2,3)4/h6,10,18H,7-9,11-12H2,1-5H3. The van der Waals surface area contributed by atoms with Crippen LogP contribution >= 0.6 is 0 Å². The van der Waals surface area contributed by atoms with Crippen LogP contribution in [0.2, 0.25) is 0 Å². The van der Waals surface area contributed by atoms with Crippen LogP contribution in [-0.2, 0) is 13.1 Å². The van der Waals surface area contributed by atoms with Crippen LogP contribution in [0.5, 0.6) is 0 Å². The first-order valence-electron chi connectivity index (χ1n) is 7.55. The van der Waals surface area contributed by atoms with Crippen molar-refractivity contribution >= 4 is 0 Å². The molecule has 0 amide bonds.